The summed E-state index contributed by atoms with van der Waals surface area (Å²) in [5, 5.41) is 8.57. The molecule has 90 valence electrons. The van der Waals surface area contributed by atoms with Crippen molar-refractivity contribution in [3.63, 3.8) is 0 Å². The van der Waals surface area contributed by atoms with Crippen molar-refractivity contribution in [3.05, 3.63) is 18.7 Å². The Kier molecular flexibility index (Phi) is 5.56. The highest BCUT2D eigenvalue weighted by molar-refractivity contribution is 5.72. The van der Waals surface area contributed by atoms with Crippen molar-refractivity contribution < 1.29 is 9.90 Å². The maximum absolute atomic E-state index is 10.4. The number of nitrogens with two attached hydrogens (primary N) is 1. The van der Waals surface area contributed by atoms with Crippen molar-refractivity contribution >= 4 is 5.97 Å². The normalized spacial score (nSPS) is 12.6. The van der Waals surface area contributed by atoms with Crippen LogP contribution in [0, 0.1) is 0 Å². The van der Waals surface area contributed by atoms with Crippen molar-refractivity contribution in [2.75, 3.05) is 0 Å². The molecule has 0 bridgehead atoms. The van der Waals surface area contributed by atoms with Crippen molar-refractivity contribution in [1.29, 1.82) is 0 Å². The summed E-state index contributed by atoms with van der Waals surface area (Å²) in [5.41, 5.74) is 5.40. The Labute approximate surface area is 95.3 Å². The number of hydrogen-bond donors (Lipinski definition) is 2. The van der Waals surface area contributed by atoms with E-state index in [9.17, 15) is 4.79 Å². The maximum atomic E-state index is 10.4. The number of aryl methyl sites for hydroxylation is 1. The van der Waals surface area contributed by atoms with Crippen LogP contribution in [0.1, 0.15) is 32.1 Å². The number of carboxylic acids is 1. The zero-order chi connectivity index (χ0) is 11.8. The Bertz CT molecular complexity index is 298. The van der Waals surface area contributed by atoms with E-state index in [2.05, 4.69) is 4.98 Å². The summed E-state index contributed by atoms with van der Waals surface area (Å²) in [6.07, 6.45) is 10.2. The SMILES string of the molecule is NC(CCCCCCn1ccnc1)C(=O)O. The highest BCUT2D eigenvalue weighted by Gasteiger charge is 2.09. The number of aromatic nitrogens is 2. The van der Waals surface area contributed by atoms with Gasteiger partial charge in [0, 0.05) is 18.9 Å². The standard InChI is InChI=1S/C11H19N3O2/c12-10(11(15)16)5-3-1-2-4-7-14-8-6-13-9-14/h6,8-10H,1-5,7,12H2,(H,15,16). The van der Waals surface area contributed by atoms with E-state index < -0.39 is 12.0 Å². The summed E-state index contributed by atoms with van der Waals surface area (Å²) in [7, 11) is 0. The third-order valence-electron chi connectivity index (χ3n) is 2.56. The average molecular weight is 225 g/mol. The average Bonchev–Trinajstić information content (AvgIpc) is 2.75. The summed E-state index contributed by atoms with van der Waals surface area (Å²) in [4.78, 5) is 14.4. The monoisotopic (exact) mass is 225 g/mol. The van der Waals surface area contributed by atoms with E-state index in [1.54, 1.807) is 12.5 Å². The third-order valence-corrected chi connectivity index (χ3v) is 2.56. The molecule has 3 N–H and O–H groups in total. The fourth-order valence-corrected chi connectivity index (χ4v) is 1.55. The number of carbonyl (C=O) groups is 1. The van der Waals surface area contributed by atoms with Gasteiger partial charge in [-0.1, -0.05) is 19.3 Å². The Balaban J connectivity index is 1.94. The van der Waals surface area contributed by atoms with Gasteiger partial charge in [-0.25, -0.2) is 4.98 Å². The Hall–Kier alpha value is -1.36. The summed E-state index contributed by atoms with van der Waals surface area (Å²) in [5.74, 6) is -0.904. The molecule has 5 nitrogen and oxygen atoms in total. The highest BCUT2D eigenvalue weighted by Crippen LogP contribution is 2.06. The molecule has 1 heterocycles. The van der Waals surface area contributed by atoms with E-state index >= 15 is 0 Å². The number of imidazole rings is 1. The molecule has 1 atom stereocenters. The molecule has 0 saturated carbocycles. The first-order valence-electron chi connectivity index (χ1n) is 5.64. The molecule has 0 saturated heterocycles. The van der Waals surface area contributed by atoms with E-state index in [0.717, 1.165) is 32.2 Å². The van der Waals surface area contributed by atoms with Crippen LogP contribution >= 0.6 is 0 Å². The van der Waals surface area contributed by atoms with Gasteiger partial charge in [-0.2, -0.15) is 0 Å². The first kappa shape index (κ1) is 12.7. The molecule has 0 fully saturated rings. The van der Waals surface area contributed by atoms with Crippen molar-refractivity contribution in [2.24, 2.45) is 5.73 Å². The van der Waals surface area contributed by atoms with Crippen LogP contribution < -0.4 is 5.73 Å². The lowest BCUT2D eigenvalue weighted by molar-refractivity contribution is -0.138. The highest BCUT2D eigenvalue weighted by atomic mass is 16.4. The Morgan fingerprint density at radius 3 is 2.75 bits per heavy atom. The molecule has 1 aromatic heterocycles. The fourth-order valence-electron chi connectivity index (χ4n) is 1.55. The summed E-state index contributed by atoms with van der Waals surface area (Å²) in [6, 6.07) is -0.700. The lowest BCUT2D eigenvalue weighted by Gasteiger charge is -2.06. The van der Waals surface area contributed by atoms with Crippen LogP contribution in [0.5, 0.6) is 0 Å². The fraction of sp³-hybridized carbons (Fsp3) is 0.636. The zero-order valence-corrected chi connectivity index (χ0v) is 9.38. The molecule has 1 unspecified atom stereocenters. The predicted molar refractivity (Wildman–Crippen MR) is 60.9 cm³/mol. The molecule has 0 aliphatic rings. The minimum Gasteiger partial charge on any atom is -0.480 e. The van der Waals surface area contributed by atoms with Gasteiger partial charge in [0.25, 0.3) is 0 Å². The van der Waals surface area contributed by atoms with Gasteiger partial charge in [0.05, 0.1) is 6.33 Å². The van der Waals surface area contributed by atoms with Gasteiger partial charge in [-0.3, -0.25) is 4.79 Å². The lowest BCUT2D eigenvalue weighted by Crippen LogP contribution is -2.29. The third kappa shape index (κ3) is 4.93. The van der Waals surface area contributed by atoms with E-state index in [0.29, 0.717) is 6.42 Å². The molecular weight excluding hydrogens is 206 g/mol. The molecule has 1 rings (SSSR count). The molecule has 16 heavy (non-hydrogen) atoms. The van der Waals surface area contributed by atoms with Gasteiger partial charge in [-0.05, 0) is 12.8 Å². The Morgan fingerprint density at radius 2 is 2.12 bits per heavy atom. The number of nitrogens with zero attached hydrogens (tertiary/aromatic N) is 2. The van der Waals surface area contributed by atoms with E-state index in [1.807, 2.05) is 10.8 Å². The molecule has 0 aliphatic heterocycles. The molecule has 0 spiro atoms. The lowest BCUT2D eigenvalue weighted by atomic mass is 10.1. The number of carboxylic acid groups (broad SMARTS) is 1. The maximum Gasteiger partial charge on any atom is 0.320 e. The molecule has 0 radical (unpaired) electrons. The van der Waals surface area contributed by atoms with Crippen LogP contribution in [-0.4, -0.2) is 26.7 Å². The second kappa shape index (κ2) is 7.00. The minimum atomic E-state index is -0.904. The smallest absolute Gasteiger partial charge is 0.320 e. The van der Waals surface area contributed by atoms with Crippen LogP contribution in [0.4, 0.5) is 0 Å². The molecule has 0 aliphatic carbocycles. The van der Waals surface area contributed by atoms with Gasteiger partial charge < -0.3 is 15.4 Å². The van der Waals surface area contributed by atoms with Gasteiger partial charge in [0.15, 0.2) is 0 Å². The molecule has 0 aromatic carbocycles. The van der Waals surface area contributed by atoms with E-state index in [1.165, 1.54) is 0 Å². The topological polar surface area (TPSA) is 81.1 Å². The number of rotatable bonds is 8. The zero-order valence-electron chi connectivity index (χ0n) is 9.38. The number of hydrogen-bond acceptors (Lipinski definition) is 3. The number of aliphatic carboxylic acids is 1. The van der Waals surface area contributed by atoms with Crippen LogP contribution in [0.15, 0.2) is 18.7 Å². The minimum absolute atomic E-state index is 0.570. The largest absolute Gasteiger partial charge is 0.480 e. The van der Waals surface area contributed by atoms with Crippen molar-refractivity contribution in [2.45, 2.75) is 44.7 Å². The van der Waals surface area contributed by atoms with Crippen LogP contribution in [-0.2, 0) is 11.3 Å². The predicted octanol–water partition coefficient (Wildman–Crippen LogP) is 1.25. The van der Waals surface area contributed by atoms with Gasteiger partial charge in [0.1, 0.15) is 6.04 Å². The first-order valence-corrected chi connectivity index (χ1v) is 5.64. The van der Waals surface area contributed by atoms with Gasteiger partial charge in [-0.15, -0.1) is 0 Å². The molecule has 0 amide bonds. The van der Waals surface area contributed by atoms with Crippen LogP contribution in [0.25, 0.3) is 0 Å². The summed E-state index contributed by atoms with van der Waals surface area (Å²) < 4.78 is 2.04. The van der Waals surface area contributed by atoms with Crippen LogP contribution in [0.3, 0.4) is 0 Å². The van der Waals surface area contributed by atoms with E-state index in [-0.39, 0.29) is 0 Å². The summed E-state index contributed by atoms with van der Waals surface area (Å²) >= 11 is 0. The first-order chi connectivity index (χ1) is 7.70. The Morgan fingerprint density at radius 1 is 1.38 bits per heavy atom. The van der Waals surface area contributed by atoms with Crippen LogP contribution in [0.2, 0.25) is 0 Å². The van der Waals surface area contributed by atoms with Crippen molar-refractivity contribution in [3.8, 4) is 0 Å². The molecule has 1 aromatic rings. The number of unbranched alkanes of at least 4 members (excludes halogenated alkanes) is 3. The summed E-state index contributed by atoms with van der Waals surface area (Å²) in [6.45, 7) is 0.977. The van der Waals surface area contributed by atoms with E-state index in [4.69, 9.17) is 10.8 Å². The molecular formula is C11H19N3O2. The quantitative estimate of drug-likeness (QED) is 0.652. The molecule has 5 heteroatoms. The second-order valence-corrected chi connectivity index (χ2v) is 3.95. The van der Waals surface area contributed by atoms with Gasteiger partial charge in [0.2, 0.25) is 0 Å². The van der Waals surface area contributed by atoms with Gasteiger partial charge >= 0.3 is 5.97 Å². The second-order valence-electron chi connectivity index (χ2n) is 3.95. The van der Waals surface area contributed by atoms with Crippen molar-refractivity contribution in [1.82, 2.24) is 9.55 Å².